The molecule has 0 aromatic heterocycles. The van der Waals surface area contributed by atoms with Gasteiger partial charge in [0.25, 0.3) is 0 Å². The lowest BCUT2D eigenvalue weighted by Gasteiger charge is -2.13. The minimum absolute atomic E-state index is 0.0258. The molecule has 1 aliphatic carbocycles. The highest BCUT2D eigenvalue weighted by atomic mass is 32.1. The maximum Gasteiger partial charge on any atom is 0.229 e. The number of rotatable bonds is 3. The Bertz CT molecular complexity index is 470. The summed E-state index contributed by atoms with van der Waals surface area (Å²) in [4.78, 5) is 11.9. The van der Waals surface area contributed by atoms with Crippen molar-refractivity contribution in [2.75, 3.05) is 12.4 Å². The molecule has 4 nitrogen and oxygen atoms in total. The molecule has 1 aromatic carbocycles. The second-order valence-electron chi connectivity index (χ2n) is 4.66. The van der Waals surface area contributed by atoms with E-state index in [-0.39, 0.29) is 11.8 Å². The molecule has 2 rings (SSSR count). The zero-order valence-electron chi connectivity index (χ0n) is 10.9. The predicted octanol–water partition coefficient (Wildman–Crippen LogP) is 2.70. The van der Waals surface area contributed by atoms with Crippen molar-refractivity contribution in [3.05, 3.63) is 24.3 Å². The van der Waals surface area contributed by atoms with Crippen LogP contribution in [0.15, 0.2) is 24.3 Å². The number of hydrogen-bond donors (Lipinski definition) is 2. The van der Waals surface area contributed by atoms with Gasteiger partial charge in [0, 0.05) is 17.7 Å². The summed E-state index contributed by atoms with van der Waals surface area (Å²) in [6, 6.07) is 7.42. The second-order valence-corrected chi connectivity index (χ2v) is 5.06. The molecule has 0 unspecified atom stereocenters. The second kappa shape index (κ2) is 6.52. The number of benzene rings is 1. The molecule has 1 fully saturated rings. The van der Waals surface area contributed by atoms with Gasteiger partial charge in [-0.3, -0.25) is 4.79 Å². The van der Waals surface area contributed by atoms with E-state index in [0.717, 1.165) is 37.1 Å². The number of carbonyl (C=O) groups is 1. The van der Waals surface area contributed by atoms with Crippen molar-refractivity contribution in [2.45, 2.75) is 25.7 Å². The van der Waals surface area contributed by atoms with E-state index in [0.29, 0.717) is 5.11 Å². The van der Waals surface area contributed by atoms with Crippen molar-refractivity contribution in [1.82, 2.24) is 5.32 Å². The topological polar surface area (TPSA) is 50.4 Å². The van der Waals surface area contributed by atoms with Gasteiger partial charge in [0.2, 0.25) is 5.91 Å². The van der Waals surface area contributed by atoms with Gasteiger partial charge < -0.3 is 15.4 Å². The predicted molar refractivity (Wildman–Crippen MR) is 79.3 cm³/mol. The Morgan fingerprint density at radius 3 is 2.79 bits per heavy atom. The van der Waals surface area contributed by atoms with Gasteiger partial charge in [-0.1, -0.05) is 18.9 Å². The molecule has 0 heterocycles. The standard InChI is InChI=1S/C14H18N2O2S/c1-18-12-8-4-7-11(9-12)15-14(19)16-13(17)10-5-2-3-6-10/h4,7-10H,2-3,5-6H2,1H3,(H2,15,16,17,19). The average molecular weight is 278 g/mol. The van der Waals surface area contributed by atoms with Crippen LogP contribution in [0.25, 0.3) is 0 Å². The van der Waals surface area contributed by atoms with Crippen LogP contribution in [0, 0.1) is 5.92 Å². The molecule has 0 saturated heterocycles. The van der Waals surface area contributed by atoms with E-state index in [4.69, 9.17) is 17.0 Å². The summed E-state index contributed by atoms with van der Waals surface area (Å²) in [5.74, 6) is 0.887. The molecule has 1 saturated carbocycles. The van der Waals surface area contributed by atoms with Gasteiger partial charge in [-0.2, -0.15) is 0 Å². The molecular weight excluding hydrogens is 260 g/mol. The monoisotopic (exact) mass is 278 g/mol. The van der Waals surface area contributed by atoms with Crippen LogP contribution in [0.2, 0.25) is 0 Å². The number of nitrogens with one attached hydrogen (secondary N) is 2. The summed E-state index contributed by atoms with van der Waals surface area (Å²) in [6.45, 7) is 0. The van der Waals surface area contributed by atoms with Crippen LogP contribution in [0.1, 0.15) is 25.7 Å². The number of amides is 1. The van der Waals surface area contributed by atoms with Gasteiger partial charge in [-0.25, -0.2) is 0 Å². The summed E-state index contributed by atoms with van der Waals surface area (Å²) >= 11 is 5.14. The van der Waals surface area contributed by atoms with Crippen molar-refractivity contribution in [3.63, 3.8) is 0 Å². The normalized spacial score (nSPS) is 15.0. The molecule has 2 N–H and O–H groups in total. The lowest BCUT2D eigenvalue weighted by Crippen LogP contribution is -2.37. The zero-order valence-corrected chi connectivity index (χ0v) is 11.8. The molecule has 19 heavy (non-hydrogen) atoms. The quantitative estimate of drug-likeness (QED) is 0.835. The highest BCUT2D eigenvalue weighted by Crippen LogP contribution is 2.24. The molecular formula is C14H18N2O2S. The third-order valence-corrected chi connectivity index (χ3v) is 3.49. The average Bonchev–Trinajstić information content (AvgIpc) is 2.92. The van der Waals surface area contributed by atoms with E-state index in [2.05, 4.69) is 10.6 Å². The molecule has 0 aliphatic heterocycles. The first-order valence-corrected chi connectivity index (χ1v) is 6.86. The fourth-order valence-corrected chi connectivity index (χ4v) is 2.48. The van der Waals surface area contributed by atoms with Crippen molar-refractivity contribution in [1.29, 1.82) is 0 Å². The van der Waals surface area contributed by atoms with E-state index in [1.807, 2.05) is 24.3 Å². The molecule has 5 heteroatoms. The number of thiocarbonyl (C=S) groups is 1. The zero-order chi connectivity index (χ0) is 13.7. The third kappa shape index (κ3) is 3.92. The van der Waals surface area contributed by atoms with Crippen LogP contribution >= 0.6 is 12.2 Å². The number of anilines is 1. The minimum Gasteiger partial charge on any atom is -0.497 e. The van der Waals surface area contributed by atoms with E-state index in [1.54, 1.807) is 7.11 Å². The van der Waals surface area contributed by atoms with Gasteiger partial charge in [0.1, 0.15) is 5.75 Å². The number of carbonyl (C=O) groups excluding carboxylic acids is 1. The van der Waals surface area contributed by atoms with E-state index in [9.17, 15) is 4.79 Å². The Kier molecular flexibility index (Phi) is 4.74. The van der Waals surface area contributed by atoms with Crippen molar-refractivity contribution in [2.24, 2.45) is 5.92 Å². The summed E-state index contributed by atoms with van der Waals surface area (Å²) < 4.78 is 5.13. The maximum atomic E-state index is 11.9. The first-order valence-electron chi connectivity index (χ1n) is 6.45. The molecule has 0 atom stereocenters. The highest BCUT2D eigenvalue weighted by molar-refractivity contribution is 7.80. The van der Waals surface area contributed by atoms with Crippen molar-refractivity contribution in [3.8, 4) is 5.75 Å². The van der Waals surface area contributed by atoms with Crippen LogP contribution in [-0.4, -0.2) is 18.1 Å². The first kappa shape index (κ1) is 13.8. The molecule has 1 aromatic rings. The minimum atomic E-state index is 0.0258. The van der Waals surface area contributed by atoms with E-state index >= 15 is 0 Å². The fourth-order valence-electron chi connectivity index (χ4n) is 2.27. The summed E-state index contributed by atoms with van der Waals surface area (Å²) in [5.41, 5.74) is 0.802. The summed E-state index contributed by atoms with van der Waals surface area (Å²) in [6.07, 6.45) is 4.20. The van der Waals surface area contributed by atoms with Gasteiger partial charge in [0.05, 0.1) is 7.11 Å². The Balaban J connectivity index is 1.87. The van der Waals surface area contributed by atoms with Gasteiger partial charge in [-0.05, 0) is 37.2 Å². The number of ether oxygens (including phenoxy) is 1. The van der Waals surface area contributed by atoms with E-state index < -0.39 is 0 Å². The maximum absolute atomic E-state index is 11.9. The lowest BCUT2D eigenvalue weighted by atomic mass is 10.1. The highest BCUT2D eigenvalue weighted by Gasteiger charge is 2.23. The summed E-state index contributed by atoms with van der Waals surface area (Å²) in [5, 5.41) is 6.08. The van der Waals surface area contributed by atoms with Gasteiger partial charge in [-0.15, -0.1) is 0 Å². The van der Waals surface area contributed by atoms with Crippen LogP contribution in [0.4, 0.5) is 5.69 Å². The van der Waals surface area contributed by atoms with Gasteiger partial charge >= 0.3 is 0 Å². The first-order chi connectivity index (χ1) is 9.19. The third-order valence-electron chi connectivity index (χ3n) is 3.29. The molecule has 0 radical (unpaired) electrons. The Morgan fingerprint density at radius 1 is 1.37 bits per heavy atom. The van der Waals surface area contributed by atoms with Crippen molar-refractivity contribution >= 4 is 28.9 Å². The Labute approximate surface area is 118 Å². The number of methoxy groups -OCH3 is 1. The van der Waals surface area contributed by atoms with Crippen LogP contribution in [0.5, 0.6) is 5.75 Å². The van der Waals surface area contributed by atoms with Crippen molar-refractivity contribution < 1.29 is 9.53 Å². The smallest absolute Gasteiger partial charge is 0.229 e. The van der Waals surface area contributed by atoms with Gasteiger partial charge in [0.15, 0.2) is 5.11 Å². The molecule has 0 spiro atoms. The molecule has 102 valence electrons. The Morgan fingerprint density at radius 2 is 2.11 bits per heavy atom. The largest absolute Gasteiger partial charge is 0.497 e. The molecule has 1 aliphatic rings. The van der Waals surface area contributed by atoms with E-state index in [1.165, 1.54) is 0 Å². The van der Waals surface area contributed by atoms with Crippen LogP contribution < -0.4 is 15.4 Å². The van der Waals surface area contributed by atoms with Crippen LogP contribution in [-0.2, 0) is 4.79 Å². The van der Waals surface area contributed by atoms with Crippen LogP contribution in [0.3, 0.4) is 0 Å². The lowest BCUT2D eigenvalue weighted by molar-refractivity contribution is -0.123. The fraction of sp³-hybridized carbons (Fsp3) is 0.429. The summed E-state index contributed by atoms with van der Waals surface area (Å²) in [7, 11) is 1.61. The number of hydrogen-bond acceptors (Lipinski definition) is 3. The SMILES string of the molecule is COc1cccc(NC(=S)NC(=O)C2CCCC2)c1. The molecule has 0 bridgehead atoms. The molecule has 1 amide bonds. The Hall–Kier alpha value is -1.62.